The number of benzene rings is 2. The molecule has 0 radical (unpaired) electrons. The zero-order valence-corrected chi connectivity index (χ0v) is 25.8. The largest absolute Gasteiger partial charge is 0.383 e. The lowest BCUT2D eigenvalue weighted by atomic mass is 9.89. The number of anilines is 2. The van der Waals surface area contributed by atoms with Crippen molar-refractivity contribution in [2.24, 2.45) is 0 Å². The molecule has 3 N–H and O–H groups in total. The highest BCUT2D eigenvalue weighted by molar-refractivity contribution is 9.10. The van der Waals surface area contributed by atoms with Gasteiger partial charge in [-0.05, 0) is 62.6 Å². The molecule has 0 spiro atoms. The van der Waals surface area contributed by atoms with Crippen molar-refractivity contribution in [2.45, 2.75) is 42.7 Å². The van der Waals surface area contributed by atoms with E-state index in [-0.39, 0.29) is 16.3 Å². The molecule has 0 bridgehead atoms. The molecule has 0 unspecified atom stereocenters. The fourth-order valence-corrected chi connectivity index (χ4v) is 7.83. The van der Waals surface area contributed by atoms with Gasteiger partial charge in [-0.3, -0.25) is 9.62 Å². The number of piperazine rings is 1. The average Bonchev–Trinajstić information content (AvgIpc) is 3.35. The van der Waals surface area contributed by atoms with Crippen LogP contribution in [0.1, 0.15) is 31.7 Å². The minimum atomic E-state index is -4.77. The fraction of sp³-hybridized carbons (Fsp3) is 0.379. The van der Waals surface area contributed by atoms with Crippen molar-refractivity contribution in [1.29, 1.82) is 0 Å². The van der Waals surface area contributed by atoms with Gasteiger partial charge in [-0.25, -0.2) is 31.6 Å². The van der Waals surface area contributed by atoms with Gasteiger partial charge in [-0.15, -0.1) is 0 Å². The highest BCUT2D eigenvalue weighted by atomic mass is 79.9. The number of rotatable bonds is 6. The van der Waals surface area contributed by atoms with Crippen LogP contribution >= 0.6 is 15.9 Å². The minimum Gasteiger partial charge on any atom is -0.383 e. The van der Waals surface area contributed by atoms with Gasteiger partial charge in [0.2, 0.25) is 0 Å². The number of sulfonamides is 1. The number of hydrogen-bond acceptors (Lipinski definition) is 7. The van der Waals surface area contributed by atoms with Crippen LogP contribution in [-0.2, 0) is 10.0 Å². The van der Waals surface area contributed by atoms with E-state index in [0.717, 1.165) is 70.1 Å². The lowest BCUT2D eigenvalue weighted by molar-refractivity contribution is 0.0828. The third kappa shape index (κ3) is 5.85. The number of nitrogen functional groups attached to an aromatic ring is 1. The lowest BCUT2D eigenvalue weighted by Crippen LogP contribution is -2.49. The number of fused-ring (bicyclic) bond motifs is 1. The summed E-state index contributed by atoms with van der Waals surface area (Å²) in [5.41, 5.74) is 7.51. The van der Waals surface area contributed by atoms with Crippen LogP contribution in [-0.4, -0.2) is 72.0 Å². The molecule has 6 rings (SSSR count). The first-order valence-electron chi connectivity index (χ1n) is 14.0. The predicted molar refractivity (Wildman–Crippen MR) is 163 cm³/mol. The Morgan fingerprint density at radius 3 is 2.23 bits per heavy atom. The lowest BCUT2D eigenvalue weighted by Gasteiger charge is -2.41. The van der Waals surface area contributed by atoms with Crippen molar-refractivity contribution in [3.8, 4) is 11.1 Å². The van der Waals surface area contributed by atoms with Crippen LogP contribution in [0.15, 0.2) is 52.2 Å². The van der Waals surface area contributed by atoms with Crippen LogP contribution in [0.5, 0.6) is 0 Å². The molecule has 1 saturated carbocycles. The maximum Gasteiger partial charge on any atom is 0.267 e. The SMILES string of the molecule is CN1CCN(C2CCC(n3cc(-c4ccc(NS(=O)(=O)c5c(F)cc(Br)cc5F)c(F)c4)c4c(N)ncnc43)CC2)CC1. The first-order chi connectivity index (χ1) is 20.5. The molecule has 14 heteroatoms. The van der Waals surface area contributed by atoms with Crippen LogP contribution < -0.4 is 10.5 Å². The molecule has 4 aromatic rings. The first-order valence-corrected chi connectivity index (χ1v) is 16.3. The minimum absolute atomic E-state index is 0.0301. The number of likely N-dealkylation sites (N-methyl/N-ethyl adjacent to an activating group) is 1. The molecule has 2 aromatic carbocycles. The summed E-state index contributed by atoms with van der Waals surface area (Å²) in [5.74, 6) is -3.30. The number of halogens is 4. The van der Waals surface area contributed by atoms with Crippen LogP contribution in [0.2, 0.25) is 0 Å². The molecule has 0 atom stereocenters. The molecule has 1 aliphatic carbocycles. The van der Waals surface area contributed by atoms with Gasteiger partial charge in [-0.1, -0.05) is 22.0 Å². The summed E-state index contributed by atoms with van der Waals surface area (Å²) < 4.78 is 73.7. The number of nitrogens with two attached hydrogens (primary N) is 1. The third-order valence-corrected chi connectivity index (χ3v) is 10.4. The zero-order valence-electron chi connectivity index (χ0n) is 23.4. The summed E-state index contributed by atoms with van der Waals surface area (Å²) in [6, 6.07) is 6.25. The van der Waals surface area contributed by atoms with E-state index in [0.29, 0.717) is 28.2 Å². The molecule has 43 heavy (non-hydrogen) atoms. The Labute approximate surface area is 256 Å². The normalized spacial score (nSPS) is 20.5. The van der Waals surface area contributed by atoms with Gasteiger partial charge in [0.1, 0.15) is 35.2 Å². The van der Waals surface area contributed by atoms with Gasteiger partial charge in [0.25, 0.3) is 10.0 Å². The van der Waals surface area contributed by atoms with E-state index in [4.69, 9.17) is 5.73 Å². The third-order valence-electron chi connectivity index (χ3n) is 8.51. The summed E-state index contributed by atoms with van der Waals surface area (Å²) >= 11 is 2.91. The topological polar surface area (TPSA) is 109 Å². The van der Waals surface area contributed by atoms with E-state index in [1.165, 1.54) is 18.5 Å². The second kappa shape index (κ2) is 11.7. The number of hydrogen-bond donors (Lipinski definition) is 2. The molecular weight excluding hydrogens is 647 g/mol. The maximum atomic E-state index is 15.4. The monoisotopic (exact) mass is 677 g/mol. The first kappa shape index (κ1) is 29.9. The summed E-state index contributed by atoms with van der Waals surface area (Å²) in [4.78, 5) is 12.4. The molecule has 2 fully saturated rings. The second-order valence-electron chi connectivity index (χ2n) is 11.2. The van der Waals surface area contributed by atoms with Crippen LogP contribution in [0, 0.1) is 17.5 Å². The van der Waals surface area contributed by atoms with Gasteiger partial charge in [0, 0.05) is 54.5 Å². The highest BCUT2D eigenvalue weighted by Gasteiger charge is 2.30. The van der Waals surface area contributed by atoms with Gasteiger partial charge >= 0.3 is 0 Å². The quantitative estimate of drug-likeness (QED) is 0.282. The van der Waals surface area contributed by atoms with Crippen molar-refractivity contribution in [1.82, 2.24) is 24.3 Å². The number of nitrogens with zero attached hydrogens (tertiary/aromatic N) is 5. The average molecular weight is 679 g/mol. The van der Waals surface area contributed by atoms with Crippen molar-refractivity contribution in [2.75, 3.05) is 43.7 Å². The van der Waals surface area contributed by atoms with E-state index in [1.807, 2.05) is 10.9 Å². The van der Waals surface area contributed by atoms with E-state index in [9.17, 15) is 17.2 Å². The Bertz CT molecular complexity index is 1760. The molecule has 9 nitrogen and oxygen atoms in total. The summed E-state index contributed by atoms with van der Waals surface area (Å²) in [6.45, 7) is 4.32. The zero-order chi connectivity index (χ0) is 30.5. The molecule has 3 heterocycles. The highest BCUT2D eigenvalue weighted by Crippen LogP contribution is 2.40. The molecule has 228 valence electrons. The van der Waals surface area contributed by atoms with E-state index in [1.54, 1.807) is 0 Å². The maximum absolute atomic E-state index is 15.4. The van der Waals surface area contributed by atoms with Gasteiger partial charge in [0.15, 0.2) is 4.90 Å². The molecule has 2 aromatic heterocycles. The van der Waals surface area contributed by atoms with E-state index < -0.39 is 38.1 Å². The Balaban J connectivity index is 1.27. The van der Waals surface area contributed by atoms with Gasteiger partial charge < -0.3 is 15.2 Å². The van der Waals surface area contributed by atoms with Gasteiger partial charge in [0.05, 0.1) is 11.1 Å². The number of nitrogens with one attached hydrogen (secondary N) is 1. The summed E-state index contributed by atoms with van der Waals surface area (Å²) in [5, 5.41) is 0.579. The molecule has 0 amide bonds. The van der Waals surface area contributed by atoms with Crippen LogP contribution in [0.25, 0.3) is 22.2 Å². The standard InChI is InChI=1S/C29H31BrF3N7O2S/c1-38-8-10-39(11-9-38)19-3-5-20(6-4-19)40-15-21(26-28(34)35-16-36-29(26)40)17-2-7-25(22(31)12-17)37-43(41,42)27-23(32)13-18(30)14-24(27)33/h2,7,12-16,19-20,37H,3-6,8-11H2,1H3,(H2,34,35,36). The molecule has 1 saturated heterocycles. The molecule has 1 aliphatic heterocycles. The summed E-state index contributed by atoms with van der Waals surface area (Å²) in [7, 11) is -2.62. The fourth-order valence-electron chi connectivity index (χ4n) is 6.24. The van der Waals surface area contributed by atoms with E-state index in [2.05, 4.69) is 47.3 Å². The second-order valence-corrected chi connectivity index (χ2v) is 13.7. The van der Waals surface area contributed by atoms with Crippen molar-refractivity contribution in [3.05, 3.63) is 64.8 Å². The Morgan fingerprint density at radius 2 is 1.58 bits per heavy atom. The Hall–Kier alpha value is -3.20. The summed E-state index contributed by atoms with van der Waals surface area (Å²) in [6.07, 6.45) is 7.36. The molecule has 2 aliphatic rings. The molecular formula is C29H31BrF3N7O2S. The smallest absolute Gasteiger partial charge is 0.267 e. The van der Waals surface area contributed by atoms with Crippen molar-refractivity contribution < 1.29 is 21.6 Å². The Kier molecular flexibility index (Phi) is 8.13. The van der Waals surface area contributed by atoms with Crippen LogP contribution in [0.4, 0.5) is 24.7 Å². The van der Waals surface area contributed by atoms with Crippen LogP contribution in [0.3, 0.4) is 0 Å². The van der Waals surface area contributed by atoms with Crippen molar-refractivity contribution >= 4 is 48.5 Å². The van der Waals surface area contributed by atoms with E-state index >= 15 is 4.39 Å². The predicted octanol–water partition coefficient (Wildman–Crippen LogP) is 5.39. The Morgan fingerprint density at radius 1 is 0.930 bits per heavy atom. The van der Waals surface area contributed by atoms with Crippen molar-refractivity contribution in [3.63, 3.8) is 0 Å². The van der Waals surface area contributed by atoms with Gasteiger partial charge in [-0.2, -0.15) is 0 Å². The number of aromatic nitrogens is 3.